The first-order chi connectivity index (χ1) is 13.2. The SMILES string of the molecule is CCCSc1nnc(NC(=O)[C@@H](CC)Oc2ccc(N(C)S(C)(=O)=O)cc2)s1. The van der Waals surface area contributed by atoms with Gasteiger partial charge in [-0.3, -0.25) is 14.4 Å². The van der Waals surface area contributed by atoms with E-state index in [2.05, 4.69) is 22.4 Å². The Balaban J connectivity index is 1.99. The van der Waals surface area contributed by atoms with Gasteiger partial charge in [-0.2, -0.15) is 0 Å². The Labute approximate surface area is 173 Å². The van der Waals surface area contributed by atoms with Crippen molar-refractivity contribution >= 4 is 49.8 Å². The van der Waals surface area contributed by atoms with Crippen molar-refractivity contribution < 1.29 is 17.9 Å². The molecule has 1 N–H and O–H groups in total. The van der Waals surface area contributed by atoms with Crippen LogP contribution in [0.4, 0.5) is 10.8 Å². The number of aromatic nitrogens is 2. The molecule has 0 unspecified atom stereocenters. The maximum Gasteiger partial charge on any atom is 0.267 e. The van der Waals surface area contributed by atoms with Crippen molar-refractivity contribution in [3.8, 4) is 5.75 Å². The van der Waals surface area contributed by atoms with E-state index in [9.17, 15) is 13.2 Å². The first kappa shape index (κ1) is 22.4. The average molecular weight is 445 g/mol. The molecule has 2 aromatic rings. The number of thioether (sulfide) groups is 1. The Morgan fingerprint density at radius 3 is 2.54 bits per heavy atom. The number of amides is 1. The fourth-order valence-corrected chi connectivity index (χ4v) is 4.29. The summed E-state index contributed by atoms with van der Waals surface area (Å²) in [4.78, 5) is 12.5. The molecule has 1 amide bonds. The molecule has 0 aliphatic rings. The second-order valence-corrected chi connectivity index (χ2v) is 10.3. The lowest BCUT2D eigenvalue weighted by atomic mass is 10.2. The molecule has 0 aliphatic carbocycles. The van der Waals surface area contributed by atoms with Crippen LogP contribution in [-0.4, -0.2) is 49.7 Å². The molecule has 154 valence electrons. The number of sulfonamides is 1. The Morgan fingerprint density at radius 1 is 1.29 bits per heavy atom. The third-order valence-electron chi connectivity index (χ3n) is 3.71. The fourth-order valence-electron chi connectivity index (χ4n) is 2.11. The lowest BCUT2D eigenvalue weighted by molar-refractivity contribution is -0.122. The van der Waals surface area contributed by atoms with Crippen LogP contribution in [0, 0.1) is 0 Å². The molecule has 1 aromatic carbocycles. The second kappa shape index (κ2) is 10.1. The summed E-state index contributed by atoms with van der Waals surface area (Å²) >= 11 is 2.94. The van der Waals surface area contributed by atoms with Gasteiger partial charge in [0.25, 0.3) is 5.91 Å². The van der Waals surface area contributed by atoms with Crippen LogP contribution in [0.25, 0.3) is 0 Å². The number of hydrogen-bond acceptors (Lipinski definition) is 8. The average Bonchev–Trinajstić information content (AvgIpc) is 3.10. The zero-order valence-corrected chi connectivity index (χ0v) is 18.7. The molecule has 28 heavy (non-hydrogen) atoms. The van der Waals surface area contributed by atoms with E-state index in [-0.39, 0.29) is 5.91 Å². The summed E-state index contributed by atoms with van der Waals surface area (Å²) in [5.41, 5.74) is 0.512. The maximum atomic E-state index is 12.5. The van der Waals surface area contributed by atoms with Crippen LogP contribution in [0.2, 0.25) is 0 Å². The van der Waals surface area contributed by atoms with E-state index < -0.39 is 16.1 Å². The van der Waals surface area contributed by atoms with Gasteiger partial charge in [0.1, 0.15) is 5.75 Å². The number of carbonyl (C=O) groups excluding carboxylic acids is 1. The van der Waals surface area contributed by atoms with E-state index in [1.165, 1.54) is 22.7 Å². The smallest absolute Gasteiger partial charge is 0.267 e. The molecule has 1 heterocycles. The molecule has 0 radical (unpaired) electrons. The number of rotatable bonds is 10. The van der Waals surface area contributed by atoms with Gasteiger partial charge >= 0.3 is 0 Å². The summed E-state index contributed by atoms with van der Waals surface area (Å²) in [7, 11) is -1.86. The highest BCUT2D eigenvalue weighted by molar-refractivity contribution is 8.01. The van der Waals surface area contributed by atoms with Gasteiger partial charge in [0.2, 0.25) is 15.2 Å². The van der Waals surface area contributed by atoms with Crippen molar-refractivity contribution in [1.29, 1.82) is 0 Å². The Hall–Kier alpha value is -1.85. The minimum atomic E-state index is -3.33. The molecule has 11 heteroatoms. The third kappa shape index (κ3) is 6.35. The van der Waals surface area contributed by atoms with Gasteiger partial charge in [0, 0.05) is 12.8 Å². The molecular formula is C17H24N4O4S3. The molecule has 0 saturated heterocycles. The van der Waals surface area contributed by atoms with Crippen LogP contribution in [-0.2, 0) is 14.8 Å². The summed E-state index contributed by atoms with van der Waals surface area (Å²) in [6, 6.07) is 6.53. The summed E-state index contributed by atoms with van der Waals surface area (Å²) in [6.07, 6.45) is 1.94. The molecular weight excluding hydrogens is 420 g/mol. The number of nitrogens with one attached hydrogen (secondary N) is 1. The van der Waals surface area contributed by atoms with Gasteiger partial charge in [0.05, 0.1) is 11.9 Å². The van der Waals surface area contributed by atoms with Gasteiger partial charge in [-0.05, 0) is 37.1 Å². The van der Waals surface area contributed by atoms with Gasteiger partial charge in [-0.25, -0.2) is 8.42 Å². The van der Waals surface area contributed by atoms with Crippen LogP contribution in [0.1, 0.15) is 26.7 Å². The molecule has 0 fully saturated rings. The van der Waals surface area contributed by atoms with Crippen molar-refractivity contribution in [2.24, 2.45) is 0 Å². The van der Waals surface area contributed by atoms with E-state index in [1.807, 2.05) is 6.92 Å². The predicted molar refractivity (Wildman–Crippen MR) is 114 cm³/mol. The third-order valence-corrected chi connectivity index (χ3v) is 7.09. The molecule has 0 spiro atoms. The van der Waals surface area contributed by atoms with Gasteiger partial charge in [-0.15, -0.1) is 10.2 Å². The van der Waals surface area contributed by atoms with Crippen molar-refractivity contribution in [3.63, 3.8) is 0 Å². The van der Waals surface area contributed by atoms with Crippen LogP contribution in [0.5, 0.6) is 5.75 Å². The quantitative estimate of drug-likeness (QED) is 0.443. The molecule has 1 aromatic heterocycles. The van der Waals surface area contributed by atoms with Crippen LogP contribution >= 0.6 is 23.1 Å². The van der Waals surface area contributed by atoms with E-state index in [1.54, 1.807) is 36.0 Å². The molecule has 0 saturated carbocycles. The van der Waals surface area contributed by atoms with Gasteiger partial charge in [0.15, 0.2) is 10.4 Å². The van der Waals surface area contributed by atoms with E-state index in [0.717, 1.165) is 22.8 Å². The van der Waals surface area contributed by atoms with E-state index in [0.29, 0.717) is 23.0 Å². The van der Waals surface area contributed by atoms with Crippen LogP contribution in [0.3, 0.4) is 0 Å². The maximum absolute atomic E-state index is 12.5. The minimum Gasteiger partial charge on any atom is -0.481 e. The first-order valence-electron chi connectivity index (χ1n) is 8.72. The van der Waals surface area contributed by atoms with E-state index >= 15 is 0 Å². The highest BCUT2D eigenvalue weighted by Gasteiger charge is 2.20. The second-order valence-electron chi connectivity index (χ2n) is 5.95. The number of benzene rings is 1. The van der Waals surface area contributed by atoms with E-state index in [4.69, 9.17) is 4.74 Å². The number of anilines is 2. The first-order valence-corrected chi connectivity index (χ1v) is 12.4. The molecule has 2 rings (SSSR count). The largest absolute Gasteiger partial charge is 0.481 e. The number of hydrogen-bond donors (Lipinski definition) is 1. The molecule has 0 aliphatic heterocycles. The zero-order chi connectivity index (χ0) is 20.7. The standard InChI is InChI=1S/C17H24N4O4S3/c1-5-11-26-17-20-19-16(27-17)18-15(22)14(6-2)25-13-9-7-12(8-10-13)21(3)28(4,23)24/h7-10,14H,5-6,11H2,1-4H3,(H,18,19,22)/t14-/m1/s1. The zero-order valence-electron chi connectivity index (χ0n) is 16.2. The fraction of sp³-hybridized carbons (Fsp3) is 0.471. The van der Waals surface area contributed by atoms with Crippen LogP contribution in [0.15, 0.2) is 28.6 Å². The summed E-state index contributed by atoms with van der Waals surface area (Å²) in [5.74, 6) is 1.13. The highest BCUT2D eigenvalue weighted by Crippen LogP contribution is 2.26. The summed E-state index contributed by atoms with van der Waals surface area (Å²) in [6.45, 7) is 3.93. The van der Waals surface area contributed by atoms with Crippen molar-refractivity contribution in [1.82, 2.24) is 10.2 Å². The number of nitrogens with zero attached hydrogens (tertiary/aromatic N) is 3. The van der Waals surface area contributed by atoms with Gasteiger partial charge in [-0.1, -0.05) is 36.9 Å². The Bertz CT molecular complexity index is 884. The minimum absolute atomic E-state index is 0.303. The predicted octanol–water partition coefficient (Wildman–Crippen LogP) is 3.23. The van der Waals surface area contributed by atoms with Crippen molar-refractivity contribution in [2.75, 3.05) is 28.7 Å². The number of ether oxygens (including phenoxy) is 1. The molecule has 1 atom stereocenters. The molecule has 8 nitrogen and oxygen atoms in total. The lowest BCUT2D eigenvalue weighted by Crippen LogP contribution is -2.32. The summed E-state index contributed by atoms with van der Waals surface area (Å²) in [5, 5.41) is 11.2. The van der Waals surface area contributed by atoms with Crippen LogP contribution < -0.4 is 14.4 Å². The highest BCUT2D eigenvalue weighted by atomic mass is 32.2. The monoisotopic (exact) mass is 444 g/mol. The topological polar surface area (TPSA) is 101 Å². The lowest BCUT2D eigenvalue weighted by Gasteiger charge is -2.19. The Morgan fingerprint density at radius 2 is 1.96 bits per heavy atom. The van der Waals surface area contributed by atoms with Crippen molar-refractivity contribution in [3.05, 3.63) is 24.3 Å². The van der Waals surface area contributed by atoms with Crippen molar-refractivity contribution in [2.45, 2.75) is 37.1 Å². The molecule has 0 bridgehead atoms. The number of carbonyl (C=O) groups is 1. The Kier molecular flexibility index (Phi) is 8.08. The van der Waals surface area contributed by atoms with Gasteiger partial charge < -0.3 is 4.74 Å². The normalized spacial score (nSPS) is 12.4. The summed E-state index contributed by atoms with van der Waals surface area (Å²) < 4.78 is 30.9.